The summed E-state index contributed by atoms with van der Waals surface area (Å²) in [5, 5.41) is 11.3. The highest BCUT2D eigenvalue weighted by molar-refractivity contribution is 6.29. The van der Waals surface area contributed by atoms with Gasteiger partial charge < -0.3 is 4.90 Å². The maximum absolute atomic E-state index is 11.0. The summed E-state index contributed by atoms with van der Waals surface area (Å²) in [4.78, 5) is 16.7. The van der Waals surface area contributed by atoms with Crippen molar-refractivity contribution < 1.29 is 4.92 Å². The third kappa shape index (κ3) is 2.72. The van der Waals surface area contributed by atoms with Crippen molar-refractivity contribution in [2.75, 3.05) is 18.0 Å². The smallest absolute Gasteiger partial charge is 0.311 e. The molecule has 1 aromatic heterocycles. The van der Waals surface area contributed by atoms with Crippen LogP contribution < -0.4 is 4.90 Å². The predicted molar refractivity (Wildman–Crippen MR) is 71.1 cm³/mol. The first-order chi connectivity index (χ1) is 8.61. The van der Waals surface area contributed by atoms with E-state index < -0.39 is 4.92 Å². The second kappa shape index (κ2) is 5.52. The minimum Gasteiger partial charge on any atom is -0.351 e. The Morgan fingerprint density at radius 3 is 2.72 bits per heavy atom. The molecule has 1 aromatic rings. The summed E-state index contributed by atoms with van der Waals surface area (Å²) in [6.45, 7) is 3.81. The molecule has 5 nitrogen and oxygen atoms in total. The molecule has 0 atom stereocenters. The Hall–Kier alpha value is -1.36. The van der Waals surface area contributed by atoms with Crippen molar-refractivity contribution in [1.29, 1.82) is 0 Å². The summed E-state index contributed by atoms with van der Waals surface area (Å²) in [5.74, 6) is 1.13. The molecule has 2 heterocycles. The second-order valence-corrected chi connectivity index (χ2v) is 4.96. The molecule has 0 radical (unpaired) electrons. The van der Waals surface area contributed by atoms with Crippen LogP contribution in [0.3, 0.4) is 0 Å². The number of halogens is 1. The number of hydrogen-bond donors (Lipinski definition) is 0. The number of hydrogen-bond acceptors (Lipinski definition) is 4. The molecule has 2 rings (SSSR count). The Labute approximate surface area is 111 Å². The molecule has 1 aliphatic rings. The number of piperidine rings is 1. The van der Waals surface area contributed by atoms with E-state index in [9.17, 15) is 10.1 Å². The Morgan fingerprint density at radius 1 is 1.50 bits per heavy atom. The Kier molecular flexibility index (Phi) is 4.01. The van der Waals surface area contributed by atoms with Gasteiger partial charge in [0.25, 0.3) is 0 Å². The van der Waals surface area contributed by atoms with Gasteiger partial charge in [-0.15, -0.1) is 0 Å². The highest BCUT2D eigenvalue weighted by Crippen LogP contribution is 2.31. The number of nitrogens with zero attached hydrogens (tertiary/aromatic N) is 3. The molecule has 98 valence electrons. The van der Waals surface area contributed by atoms with Crippen molar-refractivity contribution in [3.63, 3.8) is 0 Å². The number of rotatable bonds is 3. The van der Waals surface area contributed by atoms with Crippen LogP contribution in [0.2, 0.25) is 5.15 Å². The fourth-order valence-electron chi connectivity index (χ4n) is 2.35. The number of pyridine rings is 1. The van der Waals surface area contributed by atoms with Crippen LogP contribution in [0, 0.1) is 16.0 Å². The molecule has 0 saturated carbocycles. The summed E-state index contributed by atoms with van der Waals surface area (Å²) < 4.78 is 0. The molecule has 0 aliphatic carbocycles. The van der Waals surface area contributed by atoms with Crippen molar-refractivity contribution in [3.05, 3.63) is 27.4 Å². The van der Waals surface area contributed by atoms with Crippen LogP contribution >= 0.6 is 11.6 Å². The Balaban J connectivity index is 2.22. The van der Waals surface area contributed by atoms with Crippen molar-refractivity contribution >= 4 is 23.1 Å². The lowest BCUT2D eigenvalue weighted by atomic mass is 9.94. The zero-order valence-corrected chi connectivity index (χ0v) is 11.1. The molecule has 0 N–H and O–H groups in total. The van der Waals surface area contributed by atoms with E-state index in [2.05, 4.69) is 11.9 Å². The van der Waals surface area contributed by atoms with Gasteiger partial charge in [-0.05, 0) is 24.8 Å². The topological polar surface area (TPSA) is 59.3 Å². The molecule has 1 saturated heterocycles. The first kappa shape index (κ1) is 13.1. The van der Waals surface area contributed by atoms with Crippen molar-refractivity contribution in [2.45, 2.75) is 26.2 Å². The van der Waals surface area contributed by atoms with Crippen molar-refractivity contribution in [1.82, 2.24) is 4.98 Å². The van der Waals surface area contributed by atoms with Gasteiger partial charge in [-0.25, -0.2) is 4.98 Å². The van der Waals surface area contributed by atoms with Gasteiger partial charge in [0.2, 0.25) is 5.82 Å². The largest absolute Gasteiger partial charge is 0.351 e. The van der Waals surface area contributed by atoms with Crippen LogP contribution in [0.4, 0.5) is 11.5 Å². The van der Waals surface area contributed by atoms with Crippen molar-refractivity contribution in [2.24, 2.45) is 5.92 Å². The summed E-state index contributed by atoms with van der Waals surface area (Å²) in [6, 6.07) is 2.89. The Bertz CT molecular complexity index is 445. The van der Waals surface area contributed by atoms with E-state index in [0.717, 1.165) is 31.8 Å². The quantitative estimate of drug-likeness (QED) is 0.480. The zero-order valence-electron chi connectivity index (χ0n) is 10.3. The minimum absolute atomic E-state index is 0.0364. The molecular weight excluding hydrogens is 254 g/mol. The highest BCUT2D eigenvalue weighted by atomic mass is 35.5. The van der Waals surface area contributed by atoms with E-state index in [1.165, 1.54) is 18.6 Å². The van der Waals surface area contributed by atoms with Gasteiger partial charge >= 0.3 is 5.69 Å². The van der Waals surface area contributed by atoms with Crippen LogP contribution in [0.1, 0.15) is 26.2 Å². The molecule has 1 fully saturated rings. The summed E-state index contributed by atoms with van der Waals surface area (Å²) in [7, 11) is 0. The average molecular weight is 270 g/mol. The van der Waals surface area contributed by atoms with Gasteiger partial charge in [0.15, 0.2) is 0 Å². The van der Waals surface area contributed by atoms with Gasteiger partial charge in [-0.3, -0.25) is 10.1 Å². The second-order valence-electron chi connectivity index (χ2n) is 4.57. The van der Waals surface area contributed by atoms with E-state index in [4.69, 9.17) is 11.6 Å². The molecule has 18 heavy (non-hydrogen) atoms. The standard InChI is InChI=1S/C12H16ClN3O2/c1-2-9-5-7-15(8-6-9)12-10(16(17)18)3-4-11(13)14-12/h3-4,9H,2,5-8H2,1H3. The van der Waals surface area contributed by atoms with Gasteiger partial charge in [0, 0.05) is 19.2 Å². The number of aromatic nitrogens is 1. The van der Waals surface area contributed by atoms with Crippen LogP contribution in [0.15, 0.2) is 12.1 Å². The maximum Gasteiger partial charge on any atom is 0.311 e. The number of nitro groups is 1. The zero-order chi connectivity index (χ0) is 13.1. The SMILES string of the molecule is CCC1CCN(c2nc(Cl)ccc2[N+](=O)[O-])CC1. The Morgan fingerprint density at radius 2 is 2.17 bits per heavy atom. The van der Waals surface area contributed by atoms with Gasteiger partial charge in [-0.2, -0.15) is 0 Å². The summed E-state index contributed by atoms with van der Waals surface area (Å²) in [6.07, 6.45) is 3.28. The highest BCUT2D eigenvalue weighted by Gasteiger charge is 2.25. The molecule has 0 aromatic carbocycles. The summed E-state index contributed by atoms with van der Waals surface area (Å²) >= 11 is 5.84. The third-order valence-corrected chi connectivity index (χ3v) is 3.72. The van der Waals surface area contributed by atoms with E-state index in [0.29, 0.717) is 11.0 Å². The molecular formula is C12H16ClN3O2. The van der Waals surface area contributed by atoms with E-state index in [1.54, 1.807) is 0 Å². The molecule has 6 heteroatoms. The lowest BCUT2D eigenvalue weighted by Gasteiger charge is -2.31. The van der Waals surface area contributed by atoms with Crippen LogP contribution in [-0.2, 0) is 0 Å². The van der Waals surface area contributed by atoms with E-state index in [-0.39, 0.29) is 5.69 Å². The van der Waals surface area contributed by atoms with Crippen molar-refractivity contribution in [3.8, 4) is 0 Å². The van der Waals surface area contributed by atoms with Crippen LogP contribution in [0.25, 0.3) is 0 Å². The molecule has 0 amide bonds. The lowest BCUT2D eigenvalue weighted by Crippen LogP contribution is -2.34. The predicted octanol–water partition coefficient (Wildman–Crippen LogP) is 3.27. The summed E-state index contributed by atoms with van der Waals surface area (Å²) in [5.41, 5.74) is 0.0364. The van der Waals surface area contributed by atoms with E-state index >= 15 is 0 Å². The average Bonchev–Trinajstić information content (AvgIpc) is 2.38. The van der Waals surface area contributed by atoms with E-state index in [1.807, 2.05) is 4.90 Å². The first-order valence-corrected chi connectivity index (χ1v) is 6.55. The molecule has 0 unspecified atom stereocenters. The first-order valence-electron chi connectivity index (χ1n) is 6.17. The third-order valence-electron chi connectivity index (χ3n) is 3.51. The monoisotopic (exact) mass is 269 g/mol. The normalized spacial score (nSPS) is 16.9. The minimum atomic E-state index is -0.398. The van der Waals surface area contributed by atoms with Gasteiger partial charge in [0.1, 0.15) is 5.15 Å². The fraction of sp³-hybridized carbons (Fsp3) is 0.583. The van der Waals surface area contributed by atoms with Gasteiger partial charge in [0.05, 0.1) is 4.92 Å². The van der Waals surface area contributed by atoms with Gasteiger partial charge in [-0.1, -0.05) is 24.9 Å². The number of anilines is 1. The molecule has 1 aliphatic heterocycles. The molecule has 0 spiro atoms. The lowest BCUT2D eigenvalue weighted by molar-refractivity contribution is -0.384. The molecule has 0 bridgehead atoms. The fourth-order valence-corrected chi connectivity index (χ4v) is 2.49. The van der Waals surface area contributed by atoms with Crippen LogP contribution in [-0.4, -0.2) is 23.0 Å². The van der Waals surface area contributed by atoms with Crippen LogP contribution in [0.5, 0.6) is 0 Å². The maximum atomic E-state index is 11.0.